The van der Waals surface area contributed by atoms with Crippen LogP contribution in [0.1, 0.15) is 393 Å². The summed E-state index contributed by atoms with van der Waals surface area (Å²) in [4.78, 5) is 13.1. The summed E-state index contributed by atoms with van der Waals surface area (Å²) in [6.45, 7) is 3.85. The lowest BCUT2D eigenvalue weighted by molar-refractivity contribution is -0.302. The Hall–Kier alpha value is -1.07. The van der Waals surface area contributed by atoms with Crippen molar-refractivity contribution in [2.24, 2.45) is 0 Å². The number of nitrogens with one attached hydrogen (secondary N) is 1. The number of carbonyl (C=O) groups excluding carboxylic acids is 1. The van der Waals surface area contributed by atoms with Crippen LogP contribution in [0.4, 0.5) is 0 Å². The Morgan fingerprint density at radius 1 is 0.402 bits per heavy atom. The molecular formula is C73H143NO8. The minimum Gasteiger partial charge on any atom is -0.394 e. The Morgan fingerprint density at radius 3 is 0.951 bits per heavy atom. The lowest BCUT2D eigenvalue weighted by Gasteiger charge is -2.40. The van der Waals surface area contributed by atoms with E-state index >= 15 is 0 Å². The van der Waals surface area contributed by atoms with E-state index in [4.69, 9.17) is 9.47 Å². The highest BCUT2D eigenvalue weighted by Gasteiger charge is 2.44. The fraction of sp³-hybridized carbons (Fsp3) is 0.959. The highest BCUT2D eigenvalue weighted by atomic mass is 16.7. The van der Waals surface area contributed by atoms with Gasteiger partial charge in [-0.05, 0) is 19.3 Å². The maximum absolute atomic E-state index is 13.1. The first-order valence-corrected chi connectivity index (χ1v) is 36.9. The molecule has 82 heavy (non-hydrogen) atoms. The summed E-state index contributed by atoms with van der Waals surface area (Å²) < 4.78 is 11.3. The Kier molecular flexibility index (Phi) is 60.6. The van der Waals surface area contributed by atoms with Crippen molar-refractivity contribution in [1.82, 2.24) is 5.32 Å². The average Bonchev–Trinajstić information content (AvgIpc) is 3.56. The topological polar surface area (TPSA) is 149 Å². The number of aliphatic hydroxyl groups is 5. The molecule has 0 aromatic carbocycles. The van der Waals surface area contributed by atoms with Crippen molar-refractivity contribution in [1.29, 1.82) is 0 Å². The lowest BCUT2D eigenvalue weighted by Crippen LogP contribution is -2.60. The predicted octanol–water partition coefficient (Wildman–Crippen LogP) is 20.3. The van der Waals surface area contributed by atoms with Crippen LogP contribution < -0.4 is 5.32 Å². The highest BCUT2D eigenvalue weighted by Crippen LogP contribution is 2.24. The quantitative estimate of drug-likeness (QED) is 0.0261. The van der Waals surface area contributed by atoms with E-state index in [9.17, 15) is 30.3 Å². The number of aliphatic hydroxyl groups excluding tert-OH is 5. The molecule has 9 nitrogen and oxygen atoms in total. The van der Waals surface area contributed by atoms with Gasteiger partial charge >= 0.3 is 0 Å². The Labute approximate surface area is 509 Å². The normalized spacial score (nSPS) is 18.3. The summed E-state index contributed by atoms with van der Waals surface area (Å²) in [6, 6.07) is -0.802. The monoisotopic (exact) mass is 1160 g/mol. The first-order chi connectivity index (χ1) is 40.3. The maximum atomic E-state index is 13.1. The number of allylic oxidation sites excluding steroid dienone is 1. The van der Waals surface area contributed by atoms with Crippen LogP contribution in [-0.4, -0.2) is 87.5 Å². The van der Waals surface area contributed by atoms with Crippen molar-refractivity contribution >= 4 is 5.91 Å². The summed E-state index contributed by atoms with van der Waals surface area (Å²) in [7, 11) is 0. The molecule has 1 fully saturated rings. The molecule has 9 heteroatoms. The van der Waals surface area contributed by atoms with E-state index in [1.165, 1.54) is 334 Å². The molecule has 1 aliphatic rings. The van der Waals surface area contributed by atoms with Crippen molar-refractivity contribution in [3.63, 3.8) is 0 Å². The minimum absolute atomic E-state index is 0.166. The zero-order chi connectivity index (χ0) is 59.3. The van der Waals surface area contributed by atoms with Gasteiger partial charge in [-0.3, -0.25) is 4.79 Å². The number of amides is 1. The van der Waals surface area contributed by atoms with Crippen LogP contribution in [-0.2, 0) is 14.3 Å². The predicted molar refractivity (Wildman–Crippen MR) is 351 cm³/mol. The van der Waals surface area contributed by atoms with E-state index in [1.807, 2.05) is 6.08 Å². The van der Waals surface area contributed by atoms with Gasteiger partial charge in [0, 0.05) is 6.42 Å². The molecule has 1 saturated heterocycles. The molecule has 7 unspecified atom stereocenters. The summed E-state index contributed by atoms with van der Waals surface area (Å²) >= 11 is 0. The molecule has 1 aliphatic heterocycles. The molecule has 0 spiro atoms. The summed E-state index contributed by atoms with van der Waals surface area (Å²) in [5.74, 6) is -0.166. The van der Waals surface area contributed by atoms with E-state index in [2.05, 4.69) is 19.2 Å². The van der Waals surface area contributed by atoms with Gasteiger partial charge in [-0.2, -0.15) is 0 Å². The third kappa shape index (κ3) is 51.0. The van der Waals surface area contributed by atoms with Gasteiger partial charge in [-0.15, -0.1) is 0 Å². The summed E-state index contributed by atoms with van der Waals surface area (Å²) in [5.41, 5.74) is 0. The lowest BCUT2D eigenvalue weighted by atomic mass is 9.99. The number of hydrogen-bond donors (Lipinski definition) is 6. The van der Waals surface area contributed by atoms with Crippen LogP contribution in [0.2, 0.25) is 0 Å². The molecule has 0 aliphatic carbocycles. The van der Waals surface area contributed by atoms with Crippen LogP contribution in [0.3, 0.4) is 0 Å². The van der Waals surface area contributed by atoms with Gasteiger partial charge < -0.3 is 40.3 Å². The van der Waals surface area contributed by atoms with Gasteiger partial charge in [0.15, 0.2) is 6.29 Å². The third-order valence-corrected chi connectivity index (χ3v) is 18.1. The molecule has 0 radical (unpaired) electrons. The highest BCUT2D eigenvalue weighted by molar-refractivity contribution is 5.76. The second kappa shape index (κ2) is 63.0. The number of rotatable bonds is 66. The van der Waals surface area contributed by atoms with Gasteiger partial charge in [-0.25, -0.2) is 0 Å². The van der Waals surface area contributed by atoms with E-state index in [0.29, 0.717) is 6.42 Å². The van der Waals surface area contributed by atoms with Crippen LogP contribution in [0.25, 0.3) is 0 Å². The van der Waals surface area contributed by atoms with Crippen molar-refractivity contribution in [3.8, 4) is 0 Å². The largest absolute Gasteiger partial charge is 0.394 e. The molecule has 0 aromatic rings. The number of hydrogen-bond acceptors (Lipinski definition) is 8. The molecule has 0 aromatic heterocycles. The smallest absolute Gasteiger partial charge is 0.220 e. The Balaban J connectivity index is 2.08. The molecule has 0 bridgehead atoms. The van der Waals surface area contributed by atoms with Gasteiger partial charge in [0.2, 0.25) is 5.91 Å². The average molecular weight is 1160 g/mol. The number of ether oxygens (including phenoxy) is 2. The molecule has 1 heterocycles. The molecule has 1 amide bonds. The maximum Gasteiger partial charge on any atom is 0.220 e. The summed E-state index contributed by atoms with van der Waals surface area (Å²) in [6.07, 6.45) is 74.8. The number of unbranched alkanes of at least 4 members (excludes halogenated alkanes) is 56. The van der Waals surface area contributed by atoms with Crippen LogP contribution in [0.15, 0.2) is 12.2 Å². The van der Waals surface area contributed by atoms with Crippen molar-refractivity contribution < 1.29 is 39.8 Å². The van der Waals surface area contributed by atoms with E-state index < -0.39 is 49.5 Å². The van der Waals surface area contributed by atoms with Gasteiger partial charge in [0.05, 0.1) is 25.4 Å². The molecule has 7 atom stereocenters. The summed E-state index contributed by atoms with van der Waals surface area (Å²) in [5, 5.41) is 54.8. The SMILES string of the molecule is CCCCCCCCCCCCCCCCCCCCCCCCC/C=C/C(O)C(COC1OC(CO)C(O)C(O)C1O)NC(=O)CCCCCCCCCCCCCCCCCCCCCCCCCCCCCCCCCCCC. The van der Waals surface area contributed by atoms with E-state index in [-0.39, 0.29) is 12.5 Å². The minimum atomic E-state index is -1.56. The molecule has 0 saturated carbocycles. The fourth-order valence-corrected chi connectivity index (χ4v) is 12.3. The van der Waals surface area contributed by atoms with Crippen molar-refractivity contribution in [2.45, 2.75) is 436 Å². The van der Waals surface area contributed by atoms with Crippen LogP contribution in [0.5, 0.6) is 0 Å². The second-order valence-corrected chi connectivity index (χ2v) is 26.1. The molecule has 488 valence electrons. The van der Waals surface area contributed by atoms with Crippen molar-refractivity contribution in [3.05, 3.63) is 12.2 Å². The van der Waals surface area contributed by atoms with E-state index in [0.717, 1.165) is 38.5 Å². The van der Waals surface area contributed by atoms with E-state index in [1.54, 1.807) is 6.08 Å². The molecule has 6 N–H and O–H groups in total. The standard InChI is InChI=1S/C73H143NO8/c1-3-5-7-9-11-13-15-17-19-21-23-25-27-29-30-31-32-33-34-35-36-37-39-41-43-45-47-49-51-53-55-57-59-61-63-69(77)74-66(65-81-73-72(80)71(79)70(78)68(64-75)82-73)67(76)62-60-58-56-54-52-50-48-46-44-42-40-38-28-26-24-22-20-18-16-14-12-10-8-6-4-2/h60,62,66-68,70-73,75-76,78-80H,3-59,61,63-65H2,1-2H3,(H,74,77)/b62-60+. The molecular weight excluding hydrogens is 1020 g/mol. The second-order valence-electron chi connectivity index (χ2n) is 26.1. The van der Waals surface area contributed by atoms with Crippen LogP contribution >= 0.6 is 0 Å². The first kappa shape index (κ1) is 78.9. The van der Waals surface area contributed by atoms with Crippen molar-refractivity contribution in [2.75, 3.05) is 13.2 Å². The zero-order valence-corrected chi connectivity index (χ0v) is 54.8. The van der Waals surface area contributed by atoms with Gasteiger partial charge in [0.25, 0.3) is 0 Å². The fourth-order valence-electron chi connectivity index (χ4n) is 12.3. The Bertz CT molecular complexity index is 1300. The first-order valence-electron chi connectivity index (χ1n) is 36.9. The number of carbonyl (C=O) groups is 1. The van der Waals surface area contributed by atoms with Gasteiger partial charge in [-0.1, -0.05) is 379 Å². The zero-order valence-electron chi connectivity index (χ0n) is 54.8. The molecule has 1 rings (SSSR count). The Morgan fingerprint density at radius 2 is 0.671 bits per heavy atom. The third-order valence-electron chi connectivity index (χ3n) is 18.1. The van der Waals surface area contributed by atoms with Crippen LogP contribution in [0, 0.1) is 0 Å². The van der Waals surface area contributed by atoms with Gasteiger partial charge in [0.1, 0.15) is 24.4 Å².